The van der Waals surface area contributed by atoms with Crippen molar-refractivity contribution in [2.45, 2.75) is 13.5 Å². The highest BCUT2D eigenvalue weighted by molar-refractivity contribution is 5.95. The first-order chi connectivity index (χ1) is 6.61. The van der Waals surface area contributed by atoms with Crippen LogP contribution in [0.5, 0.6) is 0 Å². The molecule has 0 unspecified atom stereocenters. The molecular formula is C10H13N3O. The van der Waals surface area contributed by atoms with E-state index in [0.29, 0.717) is 12.1 Å². The predicted octanol–water partition coefficient (Wildman–Crippen LogP) is 0.663. The van der Waals surface area contributed by atoms with Gasteiger partial charge in [0, 0.05) is 5.56 Å². The molecule has 0 saturated carbocycles. The zero-order valence-corrected chi connectivity index (χ0v) is 8.03. The van der Waals surface area contributed by atoms with E-state index in [-0.39, 0.29) is 11.7 Å². The van der Waals surface area contributed by atoms with Gasteiger partial charge < -0.3 is 11.5 Å². The first-order valence-corrected chi connectivity index (χ1v) is 4.25. The summed E-state index contributed by atoms with van der Waals surface area (Å²) in [6.45, 7) is 1.87. The van der Waals surface area contributed by atoms with Gasteiger partial charge in [0.2, 0.25) is 0 Å². The molecule has 4 nitrogen and oxygen atoms in total. The van der Waals surface area contributed by atoms with Gasteiger partial charge in [-0.2, -0.15) is 0 Å². The van der Waals surface area contributed by atoms with Crippen LogP contribution in [-0.2, 0) is 6.54 Å². The molecule has 0 aliphatic heterocycles. The Morgan fingerprint density at radius 3 is 2.57 bits per heavy atom. The Morgan fingerprint density at radius 1 is 1.36 bits per heavy atom. The second-order valence-corrected chi connectivity index (χ2v) is 2.95. The van der Waals surface area contributed by atoms with Gasteiger partial charge in [0.1, 0.15) is 0 Å². The molecule has 14 heavy (non-hydrogen) atoms. The number of hydrogen-bond acceptors (Lipinski definition) is 2. The lowest BCUT2D eigenvalue weighted by atomic mass is 10.0. The zero-order valence-electron chi connectivity index (χ0n) is 8.03. The van der Waals surface area contributed by atoms with Gasteiger partial charge in [-0.1, -0.05) is 24.3 Å². The van der Waals surface area contributed by atoms with Gasteiger partial charge in [0.15, 0.2) is 11.7 Å². The minimum Gasteiger partial charge on any atom is -0.370 e. The number of carbonyl (C=O) groups is 1. The van der Waals surface area contributed by atoms with Gasteiger partial charge in [-0.15, -0.1) is 0 Å². The van der Waals surface area contributed by atoms with Crippen LogP contribution in [0, 0.1) is 0 Å². The molecule has 0 aliphatic rings. The molecule has 4 heteroatoms. The minimum atomic E-state index is 0.0198. The maximum absolute atomic E-state index is 11.2. The van der Waals surface area contributed by atoms with Crippen molar-refractivity contribution in [3.63, 3.8) is 0 Å². The molecule has 0 atom stereocenters. The molecule has 1 aromatic rings. The standard InChI is InChI=1S/C10H13N3O/c1-7(14)9-5-3-2-4-8(9)6-13-10(11)12/h2-5H,6H2,1H3,(H4,11,12,13). The molecule has 0 spiro atoms. The highest BCUT2D eigenvalue weighted by atomic mass is 16.1. The zero-order chi connectivity index (χ0) is 10.6. The molecule has 0 radical (unpaired) electrons. The first-order valence-electron chi connectivity index (χ1n) is 4.25. The van der Waals surface area contributed by atoms with Crippen molar-refractivity contribution in [3.05, 3.63) is 35.4 Å². The number of guanidine groups is 1. The Bertz CT molecular complexity index is 367. The molecule has 1 aromatic carbocycles. The Labute approximate surface area is 82.6 Å². The number of nitrogens with two attached hydrogens (primary N) is 2. The van der Waals surface area contributed by atoms with Crippen molar-refractivity contribution in [3.8, 4) is 0 Å². The Morgan fingerprint density at radius 2 is 2.00 bits per heavy atom. The molecular weight excluding hydrogens is 178 g/mol. The highest BCUT2D eigenvalue weighted by Crippen LogP contribution is 2.10. The summed E-state index contributed by atoms with van der Waals surface area (Å²) in [7, 11) is 0. The third-order valence-corrected chi connectivity index (χ3v) is 1.83. The van der Waals surface area contributed by atoms with E-state index in [1.54, 1.807) is 6.07 Å². The number of nitrogens with zero attached hydrogens (tertiary/aromatic N) is 1. The van der Waals surface area contributed by atoms with Crippen LogP contribution < -0.4 is 11.5 Å². The molecule has 1 rings (SSSR count). The van der Waals surface area contributed by atoms with Crippen LogP contribution in [0.2, 0.25) is 0 Å². The summed E-state index contributed by atoms with van der Waals surface area (Å²) in [5.74, 6) is 0.0507. The Hall–Kier alpha value is -1.84. The Balaban J connectivity index is 2.96. The lowest BCUT2D eigenvalue weighted by Gasteiger charge is -2.03. The van der Waals surface area contributed by atoms with Crippen LogP contribution in [-0.4, -0.2) is 11.7 Å². The summed E-state index contributed by atoms with van der Waals surface area (Å²) in [5.41, 5.74) is 11.9. The van der Waals surface area contributed by atoms with E-state index in [9.17, 15) is 4.79 Å². The van der Waals surface area contributed by atoms with Crippen molar-refractivity contribution >= 4 is 11.7 Å². The number of aliphatic imine (C=N–C) groups is 1. The third-order valence-electron chi connectivity index (χ3n) is 1.83. The molecule has 0 aliphatic carbocycles. The van der Waals surface area contributed by atoms with Crippen molar-refractivity contribution in [1.29, 1.82) is 0 Å². The third kappa shape index (κ3) is 2.58. The lowest BCUT2D eigenvalue weighted by Crippen LogP contribution is -2.22. The molecule has 0 aromatic heterocycles. The maximum atomic E-state index is 11.2. The van der Waals surface area contributed by atoms with Crippen LogP contribution in [0.25, 0.3) is 0 Å². The number of Topliss-reactive ketones (excluding diaryl/α,β-unsaturated/α-hetero) is 1. The van der Waals surface area contributed by atoms with E-state index in [2.05, 4.69) is 4.99 Å². The van der Waals surface area contributed by atoms with Crippen LogP contribution in [0.1, 0.15) is 22.8 Å². The number of ketones is 1. The summed E-state index contributed by atoms with van der Waals surface area (Å²) in [4.78, 5) is 15.1. The van der Waals surface area contributed by atoms with E-state index in [0.717, 1.165) is 5.56 Å². The van der Waals surface area contributed by atoms with Gasteiger partial charge in [-0.05, 0) is 12.5 Å². The van der Waals surface area contributed by atoms with Gasteiger partial charge in [0.25, 0.3) is 0 Å². The fourth-order valence-electron chi connectivity index (χ4n) is 1.18. The first kappa shape index (κ1) is 10.2. The fourth-order valence-corrected chi connectivity index (χ4v) is 1.18. The average Bonchev–Trinajstić information content (AvgIpc) is 2.15. The van der Waals surface area contributed by atoms with Crippen LogP contribution >= 0.6 is 0 Å². The SMILES string of the molecule is CC(=O)c1ccccc1CN=C(N)N. The number of hydrogen-bond donors (Lipinski definition) is 2. The topological polar surface area (TPSA) is 81.5 Å². The van der Waals surface area contributed by atoms with E-state index >= 15 is 0 Å². The lowest BCUT2D eigenvalue weighted by molar-refractivity contribution is 0.101. The van der Waals surface area contributed by atoms with Gasteiger partial charge in [0.05, 0.1) is 6.54 Å². The molecule has 0 heterocycles. The van der Waals surface area contributed by atoms with Gasteiger partial charge in [-0.25, -0.2) is 4.99 Å². The molecule has 0 fully saturated rings. The van der Waals surface area contributed by atoms with Crippen LogP contribution in [0.4, 0.5) is 0 Å². The summed E-state index contributed by atoms with van der Waals surface area (Å²) in [5, 5.41) is 0. The highest BCUT2D eigenvalue weighted by Gasteiger charge is 2.04. The van der Waals surface area contributed by atoms with Gasteiger partial charge >= 0.3 is 0 Å². The summed E-state index contributed by atoms with van der Waals surface area (Å²) < 4.78 is 0. The molecule has 4 N–H and O–H groups in total. The van der Waals surface area contributed by atoms with Gasteiger partial charge in [-0.3, -0.25) is 4.79 Å². The fraction of sp³-hybridized carbons (Fsp3) is 0.200. The van der Waals surface area contributed by atoms with E-state index in [4.69, 9.17) is 11.5 Å². The van der Waals surface area contributed by atoms with Crippen molar-refractivity contribution < 1.29 is 4.79 Å². The van der Waals surface area contributed by atoms with Crippen molar-refractivity contribution in [2.75, 3.05) is 0 Å². The quantitative estimate of drug-likeness (QED) is 0.418. The largest absolute Gasteiger partial charge is 0.370 e. The summed E-state index contributed by atoms with van der Waals surface area (Å²) >= 11 is 0. The van der Waals surface area contributed by atoms with E-state index in [1.165, 1.54) is 6.92 Å². The second kappa shape index (κ2) is 4.41. The minimum absolute atomic E-state index is 0.0198. The maximum Gasteiger partial charge on any atom is 0.186 e. The second-order valence-electron chi connectivity index (χ2n) is 2.95. The predicted molar refractivity (Wildman–Crippen MR) is 56.0 cm³/mol. The van der Waals surface area contributed by atoms with Crippen LogP contribution in [0.15, 0.2) is 29.3 Å². The normalized spacial score (nSPS) is 9.50. The smallest absolute Gasteiger partial charge is 0.186 e. The number of carbonyl (C=O) groups excluding carboxylic acids is 1. The van der Waals surface area contributed by atoms with Crippen molar-refractivity contribution in [2.24, 2.45) is 16.5 Å². The Kier molecular flexibility index (Phi) is 3.23. The average molecular weight is 191 g/mol. The van der Waals surface area contributed by atoms with E-state index < -0.39 is 0 Å². The summed E-state index contributed by atoms with van der Waals surface area (Å²) in [6.07, 6.45) is 0. The monoisotopic (exact) mass is 191 g/mol. The molecule has 0 amide bonds. The number of rotatable bonds is 3. The summed E-state index contributed by atoms with van der Waals surface area (Å²) in [6, 6.07) is 7.27. The number of benzene rings is 1. The van der Waals surface area contributed by atoms with Crippen LogP contribution in [0.3, 0.4) is 0 Å². The van der Waals surface area contributed by atoms with E-state index in [1.807, 2.05) is 18.2 Å². The molecule has 0 bridgehead atoms. The molecule has 74 valence electrons. The molecule has 0 saturated heterocycles. The van der Waals surface area contributed by atoms with Crippen molar-refractivity contribution in [1.82, 2.24) is 0 Å².